The zero-order valence-electron chi connectivity index (χ0n) is 9.49. The lowest BCUT2D eigenvalue weighted by Crippen LogP contribution is -2.51. The lowest BCUT2D eigenvalue weighted by Gasteiger charge is -2.27. The molecule has 84 valence electrons. The Labute approximate surface area is 90.0 Å². The van der Waals surface area contributed by atoms with Crippen molar-refractivity contribution < 1.29 is 9.21 Å². The fraction of sp³-hybridized carbons (Fsp3) is 0.545. The first-order chi connectivity index (χ1) is 6.97. The number of amides is 1. The molecule has 2 N–H and O–H groups in total. The minimum absolute atomic E-state index is 0.0681. The Morgan fingerprint density at radius 2 is 2.33 bits per heavy atom. The van der Waals surface area contributed by atoms with Gasteiger partial charge in [0.05, 0.1) is 18.3 Å². The first-order valence-electron chi connectivity index (χ1n) is 5.04. The molecule has 0 aliphatic carbocycles. The summed E-state index contributed by atoms with van der Waals surface area (Å²) in [6.07, 6.45) is 2.21. The first kappa shape index (κ1) is 11.8. The topological polar surface area (TPSA) is 59.5 Å². The number of hydrogen-bond acceptors (Lipinski definition) is 3. The monoisotopic (exact) mass is 210 g/mol. The van der Waals surface area contributed by atoms with Crippen LogP contribution < -0.4 is 5.73 Å². The van der Waals surface area contributed by atoms with Crippen LogP contribution in [0.4, 0.5) is 0 Å². The van der Waals surface area contributed by atoms with E-state index in [1.54, 1.807) is 31.2 Å². The molecule has 0 spiro atoms. The highest BCUT2D eigenvalue weighted by molar-refractivity contribution is 5.85. The van der Waals surface area contributed by atoms with E-state index in [1.807, 2.05) is 13.0 Å². The third kappa shape index (κ3) is 2.83. The molecule has 0 bridgehead atoms. The van der Waals surface area contributed by atoms with Crippen molar-refractivity contribution in [1.29, 1.82) is 0 Å². The van der Waals surface area contributed by atoms with Crippen molar-refractivity contribution in [2.45, 2.75) is 32.4 Å². The summed E-state index contributed by atoms with van der Waals surface area (Å²) < 4.78 is 5.17. The molecule has 1 aromatic rings. The summed E-state index contributed by atoms with van der Waals surface area (Å²) in [5, 5.41) is 0. The van der Waals surface area contributed by atoms with Gasteiger partial charge in [-0.15, -0.1) is 0 Å². The second-order valence-corrected chi connectivity index (χ2v) is 4.01. The van der Waals surface area contributed by atoms with E-state index >= 15 is 0 Å². The second-order valence-electron chi connectivity index (χ2n) is 4.01. The second kappa shape index (κ2) is 4.49. The van der Waals surface area contributed by atoms with Crippen molar-refractivity contribution in [3.63, 3.8) is 0 Å². The van der Waals surface area contributed by atoms with E-state index in [0.29, 0.717) is 13.0 Å². The summed E-state index contributed by atoms with van der Waals surface area (Å²) >= 11 is 0. The Morgan fingerprint density at radius 3 is 2.80 bits per heavy atom. The minimum Gasteiger partial charge on any atom is -0.467 e. The molecule has 1 heterocycles. The van der Waals surface area contributed by atoms with Crippen molar-refractivity contribution in [3.8, 4) is 0 Å². The van der Waals surface area contributed by atoms with Gasteiger partial charge in [0.2, 0.25) is 5.91 Å². The highest BCUT2D eigenvalue weighted by Crippen LogP contribution is 2.11. The third-order valence-electron chi connectivity index (χ3n) is 2.54. The number of likely N-dealkylation sites (N-methyl/N-ethyl adjacent to an activating group) is 1. The SMILES string of the molecule is CCC(C)(N)C(=O)N(C)Cc1ccco1. The molecular weight excluding hydrogens is 192 g/mol. The van der Waals surface area contributed by atoms with E-state index in [9.17, 15) is 4.79 Å². The number of nitrogens with two attached hydrogens (primary N) is 1. The standard InChI is InChI=1S/C11H18N2O2/c1-4-11(2,12)10(14)13(3)8-9-6-5-7-15-9/h5-7H,4,8,12H2,1-3H3. The molecule has 0 fully saturated rings. The van der Waals surface area contributed by atoms with Crippen LogP contribution in [0.2, 0.25) is 0 Å². The van der Waals surface area contributed by atoms with E-state index in [1.165, 1.54) is 0 Å². The Bertz CT molecular complexity index is 317. The van der Waals surface area contributed by atoms with Gasteiger partial charge in [0, 0.05) is 7.05 Å². The van der Waals surface area contributed by atoms with E-state index in [0.717, 1.165) is 5.76 Å². The van der Waals surface area contributed by atoms with E-state index in [4.69, 9.17) is 10.2 Å². The molecular formula is C11H18N2O2. The van der Waals surface area contributed by atoms with Crippen LogP contribution in [0.5, 0.6) is 0 Å². The van der Waals surface area contributed by atoms with E-state index in [2.05, 4.69) is 0 Å². The van der Waals surface area contributed by atoms with Gasteiger partial charge in [-0.25, -0.2) is 0 Å². The van der Waals surface area contributed by atoms with Gasteiger partial charge in [0.15, 0.2) is 0 Å². The van der Waals surface area contributed by atoms with Crippen LogP contribution in [0.25, 0.3) is 0 Å². The molecule has 0 radical (unpaired) electrons. The van der Waals surface area contributed by atoms with Crippen molar-refractivity contribution in [2.75, 3.05) is 7.05 Å². The van der Waals surface area contributed by atoms with Gasteiger partial charge in [-0.1, -0.05) is 6.92 Å². The lowest BCUT2D eigenvalue weighted by atomic mass is 9.99. The van der Waals surface area contributed by atoms with Gasteiger partial charge >= 0.3 is 0 Å². The Balaban J connectivity index is 2.61. The number of carbonyl (C=O) groups excluding carboxylic acids is 1. The van der Waals surface area contributed by atoms with Crippen LogP contribution in [0.15, 0.2) is 22.8 Å². The van der Waals surface area contributed by atoms with E-state index in [-0.39, 0.29) is 5.91 Å². The van der Waals surface area contributed by atoms with Crippen LogP contribution in [0.1, 0.15) is 26.0 Å². The summed E-state index contributed by atoms with van der Waals surface area (Å²) in [5.74, 6) is 0.694. The predicted octanol–water partition coefficient (Wildman–Crippen LogP) is 1.37. The van der Waals surface area contributed by atoms with Gasteiger partial charge < -0.3 is 15.1 Å². The summed E-state index contributed by atoms with van der Waals surface area (Å²) in [4.78, 5) is 13.5. The molecule has 0 aromatic carbocycles. The van der Waals surface area contributed by atoms with Crippen molar-refractivity contribution >= 4 is 5.91 Å². The zero-order chi connectivity index (χ0) is 11.5. The molecule has 4 nitrogen and oxygen atoms in total. The van der Waals surface area contributed by atoms with Gasteiger partial charge in [0.1, 0.15) is 5.76 Å². The molecule has 1 rings (SSSR count). The number of hydrogen-bond donors (Lipinski definition) is 1. The van der Waals surface area contributed by atoms with Gasteiger partial charge in [-0.05, 0) is 25.5 Å². The maximum atomic E-state index is 11.9. The number of furan rings is 1. The lowest BCUT2D eigenvalue weighted by molar-refractivity contribution is -0.135. The maximum absolute atomic E-state index is 11.9. The smallest absolute Gasteiger partial charge is 0.242 e. The average Bonchev–Trinajstić information content (AvgIpc) is 2.69. The van der Waals surface area contributed by atoms with Gasteiger partial charge in [-0.3, -0.25) is 4.79 Å². The highest BCUT2D eigenvalue weighted by atomic mass is 16.3. The van der Waals surface area contributed by atoms with Crippen molar-refractivity contribution in [1.82, 2.24) is 4.90 Å². The summed E-state index contributed by atoms with van der Waals surface area (Å²) in [7, 11) is 1.73. The summed E-state index contributed by atoms with van der Waals surface area (Å²) in [5.41, 5.74) is 5.08. The molecule has 4 heteroatoms. The Morgan fingerprint density at radius 1 is 1.67 bits per heavy atom. The predicted molar refractivity (Wildman–Crippen MR) is 58.1 cm³/mol. The molecule has 1 atom stereocenters. The van der Waals surface area contributed by atoms with Gasteiger partial charge in [-0.2, -0.15) is 0 Å². The molecule has 1 aromatic heterocycles. The van der Waals surface area contributed by atoms with Crippen LogP contribution in [0, 0.1) is 0 Å². The Kier molecular flexibility index (Phi) is 3.52. The molecule has 0 aliphatic rings. The molecule has 0 saturated carbocycles. The highest BCUT2D eigenvalue weighted by Gasteiger charge is 2.29. The number of rotatable bonds is 4. The molecule has 1 unspecified atom stereocenters. The van der Waals surface area contributed by atoms with Crippen molar-refractivity contribution in [3.05, 3.63) is 24.2 Å². The maximum Gasteiger partial charge on any atom is 0.242 e. The average molecular weight is 210 g/mol. The molecule has 1 amide bonds. The van der Waals surface area contributed by atoms with Crippen LogP contribution >= 0.6 is 0 Å². The van der Waals surface area contributed by atoms with Crippen LogP contribution in [-0.4, -0.2) is 23.4 Å². The summed E-state index contributed by atoms with van der Waals surface area (Å²) in [6, 6.07) is 3.64. The van der Waals surface area contributed by atoms with Crippen LogP contribution in [-0.2, 0) is 11.3 Å². The van der Waals surface area contributed by atoms with Crippen LogP contribution in [0.3, 0.4) is 0 Å². The molecule has 0 aliphatic heterocycles. The molecule has 15 heavy (non-hydrogen) atoms. The minimum atomic E-state index is -0.790. The largest absolute Gasteiger partial charge is 0.467 e. The molecule has 0 saturated heterocycles. The van der Waals surface area contributed by atoms with Crippen molar-refractivity contribution in [2.24, 2.45) is 5.73 Å². The number of nitrogens with zero attached hydrogens (tertiary/aromatic N) is 1. The summed E-state index contributed by atoms with van der Waals surface area (Å²) in [6.45, 7) is 4.10. The first-order valence-corrected chi connectivity index (χ1v) is 5.04. The zero-order valence-corrected chi connectivity index (χ0v) is 9.49. The third-order valence-corrected chi connectivity index (χ3v) is 2.54. The fourth-order valence-corrected chi connectivity index (χ4v) is 1.30. The normalized spacial score (nSPS) is 14.7. The quantitative estimate of drug-likeness (QED) is 0.816. The Hall–Kier alpha value is -1.29. The van der Waals surface area contributed by atoms with E-state index < -0.39 is 5.54 Å². The fourth-order valence-electron chi connectivity index (χ4n) is 1.30. The van der Waals surface area contributed by atoms with Gasteiger partial charge in [0.25, 0.3) is 0 Å². The number of carbonyl (C=O) groups is 1.